The van der Waals surface area contributed by atoms with E-state index in [-0.39, 0.29) is 24.2 Å². The third-order valence-corrected chi connectivity index (χ3v) is 2.21. The Kier molecular flexibility index (Phi) is 2.97. The molecular formula is C11H12FNO2. The lowest BCUT2D eigenvalue weighted by molar-refractivity contribution is -0.120. The van der Waals surface area contributed by atoms with Gasteiger partial charge in [-0.25, -0.2) is 4.39 Å². The van der Waals surface area contributed by atoms with Crippen molar-refractivity contribution in [1.82, 2.24) is 5.32 Å². The molecule has 0 radical (unpaired) electrons. The second-order valence-corrected chi connectivity index (χ2v) is 3.56. The minimum Gasteiger partial charge on any atom is -0.371 e. The standard InChI is InChI=1S/C11H12FNO2/c12-9-3-1-8(2-4-9)5-11(14)13-6-10-7-15-10/h1-4,10H,5-7H2,(H,13,14). The Labute approximate surface area is 87.2 Å². The first-order valence-electron chi connectivity index (χ1n) is 4.87. The molecule has 0 bridgehead atoms. The van der Waals surface area contributed by atoms with Crippen LogP contribution < -0.4 is 5.32 Å². The molecule has 1 fully saturated rings. The van der Waals surface area contributed by atoms with Crippen molar-refractivity contribution in [2.75, 3.05) is 13.2 Å². The van der Waals surface area contributed by atoms with Crippen molar-refractivity contribution in [3.05, 3.63) is 35.6 Å². The fraction of sp³-hybridized carbons (Fsp3) is 0.364. The number of halogens is 1. The monoisotopic (exact) mass is 209 g/mol. The highest BCUT2D eigenvalue weighted by molar-refractivity contribution is 5.78. The van der Waals surface area contributed by atoms with Crippen LogP contribution in [0.5, 0.6) is 0 Å². The van der Waals surface area contributed by atoms with Gasteiger partial charge in [-0.15, -0.1) is 0 Å². The highest BCUT2D eigenvalue weighted by Crippen LogP contribution is 2.07. The lowest BCUT2D eigenvalue weighted by Gasteiger charge is -2.02. The van der Waals surface area contributed by atoms with Gasteiger partial charge in [-0.1, -0.05) is 12.1 Å². The summed E-state index contributed by atoms with van der Waals surface area (Å²) in [6.07, 6.45) is 0.481. The third kappa shape index (κ3) is 3.32. The number of ether oxygens (including phenoxy) is 1. The molecule has 0 saturated carbocycles. The highest BCUT2D eigenvalue weighted by atomic mass is 19.1. The molecule has 1 N–H and O–H groups in total. The van der Waals surface area contributed by atoms with Gasteiger partial charge in [0.2, 0.25) is 5.91 Å². The quantitative estimate of drug-likeness (QED) is 0.748. The van der Waals surface area contributed by atoms with Gasteiger partial charge in [0.15, 0.2) is 0 Å². The maximum absolute atomic E-state index is 12.6. The number of hydrogen-bond acceptors (Lipinski definition) is 2. The van der Waals surface area contributed by atoms with E-state index in [1.54, 1.807) is 12.1 Å². The highest BCUT2D eigenvalue weighted by Gasteiger charge is 2.22. The van der Waals surface area contributed by atoms with Crippen LogP contribution in [-0.2, 0) is 16.0 Å². The Morgan fingerprint density at radius 2 is 2.13 bits per heavy atom. The second-order valence-electron chi connectivity index (χ2n) is 3.56. The molecular weight excluding hydrogens is 197 g/mol. The molecule has 80 valence electrons. The van der Waals surface area contributed by atoms with E-state index in [1.807, 2.05) is 0 Å². The van der Waals surface area contributed by atoms with Gasteiger partial charge in [0, 0.05) is 6.54 Å². The van der Waals surface area contributed by atoms with Crippen LogP contribution in [-0.4, -0.2) is 25.2 Å². The van der Waals surface area contributed by atoms with Gasteiger partial charge in [0.05, 0.1) is 19.1 Å². The van der Waals surface area contributed by atoms with E-state index in [0.717, 1.165) is 12.2 Å². The van der Waals surface area contributed by atoms with Crippen LogP contribution in [0, 0.1) is 5.82 Å². The maximum Gasteiger partial charge on any atom is 0.224 e. The summed E-state index contributed by atoms with van der Waals surface area (Å²) < 4.78 is 17.5. The van der Waals surface area contributed by atoms with Gasteiger partial charge in [0.25, 0.3) is 0 Å². The minimum atomic E-state index is -0.287. The van der Waals surface area contributed by atoms with Crippen LogP contribution in [0.25, 0.3) is 0 Å². The van der Waals surface area contributed by atoms with E-state index in [1.165, 1.54) is 12.1 Å². The SMILES string of the molecule is O=C(Cc1ccc(F)cc1)NCC1CO1. The summed E-state index contributed by atoms with van der Waals surface area (Å²) >= 11 is 0. The number of carbonyl (C=O) groups excluding carboxylic acids is 1. The number of hydrogen-bond donors (Lipinski definition) is 1. The summed E-state index contributed by atoms with van der Waals surface area (Å²) in [6, 6.07) is 5.93. The molecule has 1 heterocycles. The van der Waals surface area contributed by atoms with Crippen LogP contribution in [0.2, 0.25) is 0 Å². The van der Waals surface area contributed by atoms with Crippen LogP contribution in [0.1, 0.15) is 5.56 Å². The molecule has 1 amide bonds. The number of carbonyl (C=O) groups is 1. The molecule has 0 aliphatic carbocycles. The van der Waals surface area contributed by atoms with Crippen LogP contribution in [0.15, 0.2) is 24.3 Å². The van der Waals surface area contributed by atoms with Gasteiger partial charge in [-0.05, 0) is 17.7 Å². The number of amides is 1. The lowest BCUT2D eigenvalue weighted by Crippen LogP contribution is -2.28. The Morgan fingerprint density at radius 3 is 2.73 bits per heavy atom. The summed E-state index contributed by atoms with van der Waals surface area (Å²) in [5, 5.41) is 2.75. The summed E-state index contributed by atoms with van der Waals surface area (Å²) in [6.45, 7) is 1.30. The van der Waals surface area contributed by atoms with E-state index in [4.69, 9.17) is 4.74 Å². The number of benzene rings is 1. The van der Waals surface area contributed by atoms with Gasteiger partial charge in [0.1, 0.15) is 5.82 Å². The molecule has 1 aliphatic rings. The predicted molar refractivity (Wildman–Crippen MR) is 52.9 cm³/mol. The fourth-order valence-corrected chi connectivity index (χ4v) is 1.26. The maximum atomic E-state index is 12.6. The zero-order valence-corrected chi connectivity index (χ0v) is 8.20. The molecule has 15 heavy (non-hydrogen) atoms. The third-order valence-electron chi connectivity index (χ3n) is 2.21. The molecule has 1 aromatic carbocycles. The Hall–Kier alpha value is -1.42. The summed E-state index contributed by atoms with van der Waals surface area (Å²) in [4.78, 5) is 11.4. The lowest BCUT2D eigenvalue weighted by atomic mass is 10.1. The van der Waals surface area contributed by atoms with E-state index in [9.17, 15) is 9.18 Å². The zero-order valence-electron chi connectivity index (χ0n) is 8.20. The summed E-state index contributed by atoms with van der Waals surface area (Å²) in [5.41, 5.74) is 0.811. The van der Waals surface area contributed by atoms with Gasteiger partial charge in [-0.2, -0.15) is 0 Å². The summed E-state index contributed by atoms with van der Waals surface area (Å²) in [7, 11) is 0. The van der Waals surface area contributed by atoms with E-state index < -0.39 is 0 Å². The van der Waals surface area contributed by atoms with Crippen molar-refractivity contribution in [3.8, 4) is 0 Å². The molecule has 1 unspecified atom stereocenters. The minimum absolute atomic E-state index is 0.0582. The number of nitrogens with one attached hydrogen (secondary N) is 1. The van der Waals surface area contributed by atoms with Crippen LogP contribution in [0.3, 0.4) is 0 Å². The zero-order chi connectivity index (χ0) is 10.7. The first-order chi connectivity index (χ1) is 7.24. The number of epoxide rings is 1. The smallest absolute Gasteiger partial charge is 0.224 e. The molecule has 4 heteroatoms. The Morgan fingerprint density at radius 1 is 1.47 bits per heavy atom. The summed E-state index contributed by atoms with van der Waals surface area (Å²) in [5.74, 6) is -0.345. The second kappa shape index (κ2) is 4.40. The van der Waals surface area contributed by atoms with E-state index >= 15 is 0 Å². The topological polar surface area (TPSA) is 41.6 Å². The van der Waals surface area contributed by atoms with Crippen LogP contribution >= 0.6 is 0 Å². The van der Waals surface area contributed by atoms with Gasteiger partial charge < -0.3 is 10.1 Å². The van der Waals surface area contributed by atoms with Crippen molar-refractivity contribution in [3.63, 3.8) is 0 Å². The average molecular weight is 209 g/mol. The average Bonchev–Trinajstić information content (AvgIpc) is 3.02. The van der Waals surface area contributed by atoms with Crippen molar-refractivity contribution in [2.24, 2.45) is 0 Å². The van der Waals surface area contributed by atoms with Gasteiger partial charge >= 0.3 is 0 Å². The first kappa shape index (κ1) is 10.1. The first-order valence-corrected chi connectivity index (χ1v) is 4.87. The van der Waals surface area contributed by atoms with Crippen molar-refractivity contribution in [2.45, 2.75) is 12.5 Å². The molecule has 1 atom stereocenters. The Bertz CT molecular complexity index is 346. The molecule has 0 spiro atoms. The van der Waals surface area contributed by atoms with Crippen molar-refractivity contribution < 1.29 is 13.9 Å². The largest absolute Gasteiger partial charge is 0.371 e. The molecule has 0 aromatic heterocycles. The predicted octanol–water partition coefficient (Wildman–Crippen LogP) is 0.883. The van der Waals surface area contributed by atoms with E-state index in [0.29, 0.717) is 6.54 Å². The van der Waals surface area contributed by atoms with Crippen LogP contribution in [0.4, 0.5) is 4.39 Å². The van der Waals surface area contributed by atoms with E-state index in [2.05, 4.69) is 5.32 Å². The Balaban J connectivity index is 1.79. The molecule has 1 saturated heterocycles. The normalized spacial score (nSPS) is 18.6. The van der Waals surface area contributed by atoms with Crippen molar-refractivity contribution >= 4 is 5.91 Å². The molecule has 1 aromatic rings. The molecule has 1 aliphatic heterocycles. The molecule has 2 rings (SSSR count). The number of rotatable bonds is 4. The van der Waals surface area contributed by atoms with Gasteiger partial charge in [-0.3, -0.25) is 4.79 Å². The fourth-order valence-electron chi connectivity index (χ4n) is 1.26. The van der Waals surface area contributed by atoms with Crippen molar-refractivity contribution in [1.29, 1.82) is 0 Å². The molecule has 3 nitrogen and oxygen atoms in total.